The summed E-state index contributed by atoms with van der Waals surface area (Å²) in [4.78, 5) is 13.8. The van der Waals surface area contributed by atoms with Crippen LogP contribution in [0.1, 0.15) is 17.5 Å². The molecule has 2 rings (SSSR count). The third kappa shape index (κ3) is 3.71. The van der Waals surface area contributed by atoms with E-state index in [2.05, 4.69) is 6.92 Å². The van der Waals surface area contributed by atoms with E-state index in [1.165, 1.54) is 11.1 Å². The molecule has 1 heterocycles. The van der Waals surface area contributed by atoms with Crippen molar-refractivity contribution in [1.29, 1.82) is 0 Å². The molecule has 0 saturated carbocycles. The summed E-state index contributed by atoms with van der Waals surface area (Å²) in [5.74, 6) is 0.628. The Balaban J connectivity index is 1.97. The number of methoxy groups -OCH3 is 1. The van der Waals surface area contributed by atoms with Crippen molar-refractivity contribution in [2.24, 2.45) is 5.92 Å². The van der Waals surface area contributed by atoms with E-state index in [-0.39, 0.29) is 5.91 Å². The Kier molecular flexibility index (Phi) is 4.83. The number of hydrogen-bond acceptors (Lipinski definition) is 2. The van der Waals surface area contributed by atoms with Gasteiger partial charge in [0.25, 0.3) is 0 Å². The number of aryl methyl sites for hydroxylation is 1. The first-order valence-electron chi connectivity index (χ1n) is 6.62. The fourth-order valence-electron chi connectivity index (χ4n) is 2.58. The van der Waals surface area contributed by atoms with E-state index in [1.807, 2.05) is 23.1 Å². The molecule has 1 aromatic rings. The first-order chi connectivity index (χ1) is 9.10. The van der Waals surface area contributed by atoms with Crippen LogP contribution in [0.15, 0.2) is 18.2 Å². The molecule has 0 N–H and O–H groups in total. The number of ether oxygens (including phenoxy) is 1. The van der Waals surface area contributed by atoms with Crippen LogP contribution in [-0.2, 0) is 16.0 Å². The lowest BCUT2D eigenvalue weighted by molar-refractivity contribution is -0.128. The molecule has 0 spiro atoms. The van der Waals surface area contributed by atoms with Crippen molar-refractivity contribution in [3.8, 4) is 0 Å². The molecule has 0 aliphatic carbocycles. The molecule has 19 heavy (non-hydrogen) atoms. The fourth-order valence-corrected chi connectivity index (χ4v) is 2.77. The molecular weight excluding hydrogens is 262 g/mol. The zero-order valence-corrected chi connectivity index (χ0v) is 12.2. The molecule has 0 radical (unpaired) electrons. The summed E-state index contributed by atoms with van der Waals surface area (Å²) in [5.41, 5.74) is 2.49. The van der Waals surface area contributed by atoms with Crippen molar-refractivity contribution in [2.45, 2.75) is 19.8 Å². The van der Waals surface area contributed by atoms with Gasteiger partial charge in [-0.1, -0.05) is 17.7 Å². The molecule has 1 aliphatic rings. The van der Waals surface area contributed by atoms with Gasteiger partial charge in [0.15, 0.2) is 0 Å². The van der Waals surface area contributed by atoms with E-state index in [0.29, 0.717) is 25.5 Å². The summed E-state index contributed by atoms with van der Waals surface area (Å²) in [6.07, 6.45) is 1.55. The molecule has 0 aromatic heterocycles. The van der Waals surface area contributed by atoms with Gasteiger partial charge in [-0.25, -0.2) is 0 Å². The van der Waals surface area contributed by atoms with Gasteiger partial charge in [-0.2, -0.15) is 0 Å². The quantitative estimate of drug-likeness (QED) is 0.830. The predicted molar refractivity (Wildman–Crippen MR) is 76.5 cm³/mol. The van der Waals surface area contributed by atoms with Crippen LogP contribution in [0.25, 0.3) is 0 Å². The second-order valence-electron chi connectivity index (χ2n) is 5.18. The third-order valence-corrected chi connectivity index (χ3v) is 3.91. The van der Waals surface area contributed by atoms with E-state index in [4.69, 9.17) is 16.3 Å². The predicted octanol–water partition coefficient (Wildman–Crippen LogP) is 2.69. The number of carbonyl (C=O) groups excluding carboxylic acids is 1. The first-order valence-corrected chi connectivity index (χ1v) is 6.99. The average Bonchev–Trinajstić information content (AvgIpc) is 2.72. The Hall–Kier alpha value is -1.06. The van der Waals surface area contributed by atoms with E-state index in [9.17, 15) is 4.79 Å². The van der Waals surface area contributed by atoms with Crippen molar-refractivity contribution in [1.82, 2.24) is 4.90 Å². The second-order valence-corrected chi connectivity index (χ2v) is 5.61. The number of amides is 1. The van der Waals surface area contributed by atoms with E-state index < -0.39 is 0 Å². The van der Waals surface area contributed by atoms with Crippen LogP contribution in [0.5, 0.6) is 0 Å². The van der Waals surface area contributed by atoms with Crippen LogP contribution < -0.4 is 0 Å². The van der Waals surface area contributed by atoms with Crippen LogP contribution >= 0.6 is 11.6 Å². The monoisotopic (exact) mass is 281 g/mol. The molecule has 1 atom stereocenters. The van der Waals surface area contributed by atoms with Gasteiger partial charge < -0.3 is 9.64 Å². The summed E-state index contributed by atoms with van der Waals surface area (Å²) in [6, 6.07) is 5.96. The summed E-state index contributed by atoms with van der Waals surface area (Å²) >= 11 is 6.03. The highest BCUT2D eigenvalue weighted by Crippen LogP contribution is 2.25. The van der Waals surface area contributed by atoms with Crippen molar-refractivity contribution >= 4 is 17.5 Å². The molecular formula is C15H20ClNO2. The lowest BCUT2D eigenvalue weighted by Crippen LogP contribution is -2.28. The first kappa shape index (κ1) is 14.4. The number of halogens is 1. The van der Waals surface area contributed by atoms with E-state index in [1.54, 1.807) is 7.11 Å². The molecule has 1 fully saturated rings. The van der Waals surface area contributed by atoms with Crippen LogP contribution in [0.2, 0.25) is 5.02 Å². The lowest BCUT2D eigenvalue weighted by atomic mass is 9.95. The van der Waals surface area contributed by atoms with Crippen molar-refractivity contribution in [3.63, 3.8) is 0 Å². The number of hydrogen-bond donors (Lipinski definition) is 0. The van der Waals surface area contributed by atoms with Crippen LogP contribution in [0.4, 0.5) is 0 Å². The largest absolute Gasteiger partial charge is 0.383 e. The van der Waals surface area contributed by atoms with Crippen molar-refractivity contribution in [3.05, 3.63) is 34.3 Å². The zero-order chi connectivity index (χ0) is 13.8. The van der Waals surface area contributed by atoms with Crippen molar-refractivity contribution < 1.29 is 9.53 Å². The highest BCUT2D eigenvalue weighted by Gasteiger charge is 2.29. The number of carbonyl (C=O) groups is 1. The average molecular weight is 282 g/mol. The zero-order valence-electron chi connectivity index (χ0n) is 11.5. The molecule has 1 aromatic carbocycles. The molecule has 4 heteroatoms. The Morgan fingerprint density at radius 2 is 2.26 bits per heavy atom. The van der Waals surface area contributed by atoms with E-state index in [0.717, 1.165) is 18.0 Å². The summed E-state index contributed by atoms with van der Waals surface area (Å²) in [6.45, 7) is 4.22. The van der Waals surface area contributed by atoms with Gasteiger partial charge in [-0.3, -0.25) is 4.79 Å². The molecule has 1 aliphatic heterocycles. The number of likely N-dealkylation sites (tertiary alicyclic amines) is 1. The maximum Gasteiger partial charge on any atom is 0.223 e. The molecule has 1 unspecified atom stereocenters. The third-order valence-electron chi connectivity index (χ3n) is 3.68. The maximum atomic E-state index is 11.9. The van der Waals surface area contributed by atoms with Crippen LogP contribution in [0, 0.1) is 12.8 Å². The highest BCUT2D eigenvalue weighted by molar-refractivity contribution is 6.30. The maximum absolute atomic E-state index is 11.9. The van der Waals surface area contributed by atoms with Gasteiger partial charge in [-0.05, 0) is 42.5 Å². The molecule has 1 amide bonds. The second kappa shape index (κ2) is 6.40. The van der Waals surface area contributed by atoms with E-state index >= 15 is 0 Å². The summed E-state index contributed by atoms with van der Waals surface area (Å²) in [5, 5.41) is 0.765. The Morgan fingerprint density at radius 1 is 1.47 bits per heavy atom. The van der Waals surface area contributed by atoms with Gasteiger partial charge in [0, 0.05) is 31.6 Å². The fraction of sp³-hybridized carbons (Fsp3) is 0.533. The van der Waals surface area contributed by atoms with Gasteiger partial charge in [0.2, 0.25) is 5.91 Å². The Bertz CT molecular complexity index is 461. The SMILES string of the molecule is COCCN1CC(Cc2cc(Cl)ccc2C)CC1=O. The van der Waals surface area contributed by atoms with Gasteiger partial charge in [0.05, 0.1) is 6.61 Å². The van der Waals surface area contributed by atoms with Crippen LogP contribution in [-0.4, -0.2) is 37.6 Å². The smallest absolute Gasteiger partial charge is 0.223 e. The highest BCUT2D eigenvalue weighted by atomic mass is 35.5. The van der Waals surface area contributed by atoms with Crippen molar-refractivity contribution in [2.75, 3.05) is 26.8 Å². The molecule has 3 nitrogen and oxygen atoms in total. The standard InChI is InChI=1S/C15H20ClNO2/c1-11-3-4-14(16)9-13(11)7-12-8-15(18)17(10-12)5-6-19-2/h3-4,9,12H,5-8,10H2,1-2H3. The minimum absolute atomic E-state index is 0.238. The molecule has 0 bridgehead atoms. The van der Waals surface area contributed by atoms with Gasteiger partial charge in [0.1, 0.15) is 0 Å². The number of benzene rings is 1. The van der Waals surface area contributed by atoms with Crippen LogP contribution in [0.3, 0.4) is 0 Å². The Morgan fingerprint density at radius 3 is 3.00 bits per heavy atom. The summed E-state index contributed by atoms with van der Waals surface area (Å²) in [7, 11) is 1.66. The molecule has 1 saturated heterocycles. The lowest BCUT2D eigenvalue weighted by Gasteiger charge is -2.16. The summed E-state index contributed by atoms with van der Waals surface area (Å²) < 4.78 is 5.03. The number of nitrogens with zero attached hydrogens (tertiary/aromatic N) is 1. The van der Waals surface area contributed by atoms with Gasteiger partial charge >= 0.3 is 0 Å². The topological polar surface area (TPSA) is 29.5 Å². The normalized spacial score (nSPS) is 19.2. The number of rotatable bonds is 5. The minimum Gasteiger partial charge on any atom is -0.383 e. The molecule has 104 valence electrons. The minimum atomic E-state index is 0.238. The Labute approximate surface area is 119 Å². The van der Waals surface area contributed by atoms with Gasteiger partial charge in [-0.15, -0.1) is 0 Å².